The number of hydrogen-bond acceptors (Lipinski definition) is 4. The van der Waals surface area contributed by atoms with E-state index in [1.54, 1.807) is 36.4 Å². The summed E-state index contributed by atoms with van der Waals surface area (Å²) in [5, 5.41) is 5.41. The number of nitrogens with one attached hydrogen (secondary N) is 2. The van der Waals surface area contributed by atoms with Crippen molar-refractivity contribution in [3.8, 4) is 0 Å². The molecule has 0 spiro atoms. The Hall–Kier alpha value is -3.54. The maximum Gasteiger partial charge on any atom is 0.323 e. The number of benzene rings is 1. The summed E-state index contributed by atoms with van der Waals surface area (Å²) < 4.78 is 30.3. The smallest absolute Gasteiger partial charge is 0.323 e. The number of carbonyl (C=O) groups is 3. The molecule has 166 valence electrons. The van der Waals surface area contributed by atoms with E-state index in [0.717, 1.165) is 9.47 Å². The highest BCUT2D eigenvalue weighted by atomic mass is 79.9. The van der Waals surface area contributed by atoms with Crippen molar-refractivity contribution in [3.63, 3.8) is 0 Å². The number of halogens is 3. The van der Waals surface area contributed by atoms with Gasteiger partial charge in [0.2, 0.25) is 0 Å². The number of urea groups is 1. The number of hydrogen-bond donors (Lipinski definition) is 3. The molecule has 1 aliphatic heterocycles. The highest BCUT2D eigenvalue weighted by Crippen LogP contribution is 2.29. The molecule has 1 fully saturated rings. The molecule has 4 amide bonds. The van der Waals surface area contributed by atoms with E-state index in [1.807, 2.05) is 0 Å². The molecule has 0 bridgehead atoms. The number of anilines is 2. The topological polar surface area (TPSA) is 122 Å². The van der Waals surface area contributed by atoms with Crippen LogP contribution in [-0.4, -0.2) is 57.4 Å². The van der Waals surface area contributed by atoms with Gasteiger partial charge in [-0.05, 0) is 34.1 Å². The number of fused-ring (bicyclic) bond motifs is 1. The summed E-state index contributed by atoms with van der Waals surface area (Å²) in [5.41, 5.74) is 6.01. The lowest BCUT2D eigenvalue weighted by atomic mass is 10.1. The van der Waals surface area contributed by atoms with Crippen molar-refractivity contribution in [2.45, 2.75) is 18.4 Å². The van der Waals surface area contributed by atoms with Gasteiger partial charge in [0.25, 0.3) is 5.91 Å². The fourth-order valence-corrected chi connectivity index (χ4v) is 3.94. The molecule has 1 aliphatic rings. The zero-order valence-electron chi connectivity index (χ0n) is 16.3. The molecule has 12 heteroatoms. The molecule has 9 nitrogen and oxygen atoms in total. The highest BCUT2D eigenvalue weighted by molar-refractivity contribution is 9.10. The van der Waals surface area contributed by atoms with Crippen molar-refractivity contribution in [1.82, 2.24) is 14.5 Å². The number of aromatic nitrogens is 2. The van der Waals surface area contributed by atoms with E-state index in [2.05, 4.69) is 31.5 Å². The average molecular weight is 507 g/mol. The molecule has 3 aromatic rings. The van der Waals surface area contributed by atoms with Crippen LogP contribution in [0.3, 0.4) is 0 Å². The second-order valence-corrected chi connectivity index (χ2v) is 7.90. The largest absolute Gasteiger partial charge is 0.351 e. The van der Waals surface area contributed by atoms with Crippen molar-refractivity contribution in [1.29, 1.82) is 0 Å². The first-order chi connectivity index (χ1) is 15.3. The second-order valence-electron chi connectivity index (χ2n) is 7.09. The summed E-state index contributed by atoms with van der Waals surface area (Å²) in [7, 11) is 0. The van der Waals surface area contributed by atoms with Crippen LogP contribution in [0.4, 0.5) is 29.9 Å². The van der Waals surface area contributed by atoms with Crippen LogP contribution in [0.1, 0.15) is 0 Å². The van der Waals surface area contributed by atoms with Crippen molar-refractivity contribution in [3.05, 3.63) is 53.3 Å². The number of alkyl halides is 2. The van der Waals surface area contributed by atoms with Gasteiger partial charge in [0.1, 0.15) is 16.5 Å². The minimum Gasteiger partial charge on any atom is -0.351 e. The molecule has 32 heavy (non-hydrogen) atoms. The molecule has 3 atom stereocenters. The van der Waals surface area contributed by atoms with Gasteiger partial charge in [0, 0.05) is 11.6 Å². The Morgan fingerprint density at radius 1 is 1.09 bits per heavy atom. The minimum absolute atomic E-state index is 0.115. The van der Waals surface area contributed by atoms with Crippen LogP contribution in [0.25, 0.3) is 10.9 Å². The molecule has 0 radical (unpaired) electrons. The van der Waals surface area contributed by atoms with Gasteiger partial charge in [0.15, 0.2) is 12.3 Å². The number of rotatable bonds is 3. The zero-order chi connectivity index (χ0) is 23.0. The summed E-state index contributed by atoms with van der Waals surface area (Å²) in [6, 6.07) is 7.97. The number of carbonyl (C=O) groups excluding carboxylic acids is 3. The van der Waals surface area contributed by atoms with Crippen LogP contribution < -0.4 is 16.4 Å². The summed E-state index contributed by atoms with van der Waals surface area (Å²) in [5.74, 6) is -0.804. The summed E-state index contributed by atoms with van der Waals surface area (Å²) in [6.45, 7) is -0.620. The molecule has 4 rings (SSSR count). The van der Waals surface area contributed by atoms with Gasteiger partial charge in [0.05, 0.1) is 17.7 Å². The second kappa shape index (κ2) is 8.54. The predicted octanol–water partition coefficient (Wildman–Crippen LogP) is 3.26. The van der Waals surface area contributed by atoms with Crippen LogP contribution in [0.5, 0.6) is 0 Å². The lowest BCUT2D eigenvalue weighted by Crippen LogP contribution is -2.48. The molecule has 0 aliphatic carbocycles. The minimum atomic E-state index is -2.22. The van der Waals surface area contributed by atoms with Crippen molar-refractivity contribution in [2.24, 2.45) is 5.73 Å². The van der Waals surface area contributed by atoms with Gasteiger partial charge in [-0.3, -0.25) is 9.36 Å². The monoisotopic (exact) mass is 506 g/mol. The Bertz CT molecular complexity index is 1220. The number of amides is 4. The SMILES string of the molecule is NC(=O)n1cc(NC(=O)N2C[C@H](F)[C@H](F)[C@H]2C(=O)Nc2cccc(Br)n2)c2ccccc21. The van der Waals surface area contributed by atoms with E-state index in [1.165, 1.54) is 12.3 Å². The molecule has 2 aromatic heterocycles. The first-order valence-electron chi connectivity index (χ1n) is 9.45. The van der Waals surface area contributed by atoms with Crippen LogP contribution in [0.15, 0.2) is 53.3 Å². The van der Waals surface area contributed by atoms with E-state index in [4.69, 9.17) is 5.73 Å². The molecular formula is C20H17BrF2N6O3. The Labute approximate surface area is 188 Å². The van der Waals surface area contributed by atoms with Gasteiger partial charge in [-0.2, -0.15) is 0 Å². The molecule has 1 aromatic carbocycles. The van der Waals surface area contributed by atoms with Crippen LogP contribution in [0.2, 0.25) is 0 Å². The van der Waals surface area contributed by atoms with Crippen molar-refractivity contribution >= 4 is 56.3 Å². The molecular weight excluding hydrogens is 490 g/mol. The molecule has 3 heterocycles. The maximum absolute atomic E-state index is 14.6. The highest BCUT2D eigenvalue weighted by Gasteiger charge is 2.49. The summed E-state index contributed by atoms with van der Waals surface area (Å²) >= 11 is 3.16. The van der Waals surface area contributed by atoms with E-state index in [0.29, 0.717) is 15.5 Å². The normalized spacial score (nSPS) is 20.3. The van der Waals surface area contributed by atoms with Gasteiger partial charge in [-0.1, -0.05) is 24.3 Å². The molecule has 0 saturated carbocycles. The van der Waals surface area contributed by atoms with E-state index in [-0.39, 0.29) is 11.5 Å². The average Bonchev–Trinajstić information content (AvgIpc) is 3.26. The van der Waals surface area contributed by atoms with Gasteiger partial charge in [-0.25, -0.2) is 23.4 Å². The third-order valence-corrected chi connectivity index (χ3v) is 5.48. The third kappa shape index (κ3) is 4.00. The Kier molecular flexibility index (Phi) is 5.78. The summed E-state index contributed by atoms with van der Waals surface area (Å²) in [4.78, 5) is 42.1. The number of nitrogens with two attached hydrogens (primary N) is 1. The quantitative estimate of drug-likeness (QED) is 0.471. The number of para-hydroxylation sites is 1. The van der Waals surface area contributed by atoms with Crippen molar-refractivity contribution < 1.29 is 23.2 Å². The summed E-state index contributed by atoms with van der Waals surface area (Å²) in [6.07, 6.45) is -2.96. The molecule has 0 unspecified atom stereocenters. The van der Waals surface area contributed by atoms with Crippen LogP contribution in [-0.2, 0) is 4.79 Å². The third-order valence-electron chi connectivity index (χ3n) is 5.04. The fraction of sp³-hybridized carbons (Fsp3) is 0.200. The number of likely N-dealkylation sites (tertiary alicyclic amines) is 1. The zero-order valence-corrected chi connectivity index (χ0v) is 17.9. The van der Waals surface area contributed by atoms with E-state index >= 15 is 0 Å². The standard InChI is InChI=1S/C20H17BrF2N6O3/c21-14-6-3-7-15(26-14)27-18(30)17-16(23)11(22)8-29(17)20(32)25-12-9-28(19(24)31)13-5-2-1-4-10(12)13/h1-7,9,11,16-17H,8H2,(H2,24,31)(H,25,32)(H,26,27,30)/t11-,16-,17-/m0/s1. The number of primary amides is 1. The Morgan fingerprint density at radius 3 is 2.56 bits per heavy atom. The first kappa shape index (κ1) is 21.7. The van der Waals surface area contributed by atoms with Gasteiger partial charge < -0.3 is 21.3 Å². The van der Waals surface area contributed by atoms with E-state index in [9.17, 15) is 23.2 Å². The lowest BCUT2D eigenvalue weighted by molar-refractivity contribution is -0.121. The van der Waals surface area contributed by atoms with Gasteiger partial charge in [-0.15, -0.1) is 0 Å². The number of nitrogens with zero attached hydrogens (tertiary/aromatic N) is 3. The van der Waals surface area contributed by atoms with E-state index < -0.39 is 42.9 Å². The predicted molar refractivity (Wildman–Crippen MR) is 117 cm³/mol. The first-order valence-corrected chi connectivity index (χ1v) is 10.2. The Morgan fingerprint density at radius 2 is 1.84 bits per heavy atom. The number of pyridine rings is 1. The fourth-order valence-electron chi connectivity index (χ4n) is 3.59. The molecule has 1 saturated heterocycles. The lowest BCUT2D eigenvalue weighted by Gasteiger charge is -2.24. The van der Waals surface area contributed by atoms with Gasteiger partial charge >= 0.3 is 12.1 Å². The Balaban J connectivity index is 1.59. The molecule has 4 N–H and O–H groups in total. The van der Waals surface area contributed by atoms with Crippen LogP contribution >= 0.6 is 15.9 Å². The van der Waals surface area contributed by atoms with Crippen molar-refractivity contribution in [2.75, 3.05) is 17.2 Å². The maximum atomic E-state index is 14.6. The van der Waals surface area contributed by atoms with Crippen LogP contribution in [0, 0.1) is 0 Å².